The normalized spacial score (nSPS) is 19.7. The largest absolute Gasteiger partial charge is 0.389 e. The molecule has 4 heteroatoms. The van der Waals surface area contributed by atoms with Crippen molar-refractivity contribution in [2.45, 2.75) is 24.9 Å². The maximum absolute atomic E-state index is 13.5. The molecule has 1 aliphatic heterocycles. The summed E-state index contributed by atoms with van der Waals surface area (Å²) in [5.41, 5.74) is -0.332. The van der Waals surface area contributed by atoms with Crippen LogP contribution in [0.25, 0.3) is 0 Å². The Morgan fingerprint density at radius 1 is 1.38 bits per heavy atom. The summed E-state index contributed by atoms with van der Waals surface area (Å²) in [6.07, 6.45) is 1.42. The minimum absolute atomic E-state index is 0.319. The molecule has 0 spiro atoms. The third kappa shape index (κ3) is 2.73. The van der Waals surface area contributed by atoms with E-state index in [1.165, 1.54) is 6.07 Å². The molecule has 1 saturated heterocycles. The molecule has 0 bridgehead atoms. The molecule has 0 radical (unpaired) electrons. The molecule has 0 aliphatic carbocycles. The van der Waals surface area contributed by atoms with Crippen molar-refractivity contribution in [3.63, 3.8) is 0 Å². The van der Waals surface area contributed by atoms with E-state index in [0.29, 0.717) is 43.1 Å². The van der Waals surface area contributed by atoms with Crippen molar-refractivity contribution in [2.75, 3.05) is 13.2 Å². The molecule has 2 nitrogen and oxygen atoms in total. The Bertz CT molecular complexity index is 375. The molecule has 1 heterocycles. The highest BCUT2D eigenvalue weighted by atomic mass is 35.5. The number of halogens is 2. The molecule has 2 rings (SSSR count). The van der Waals surface area contributed by atoms with E-state index in [9.17, 15) is 9.50 Å². The summed E-state index contributed by atoms with van der Waals surface area (Å²) in [6, 6.07) is 4.55. The van der Waals surface area contributed by atoms with Crippen LogP contribution in [0.5, 0.6) is 0 Å². The van der Waals surface area contributed by atoms with Gasteiger partial charge < -0.3 is 9.84 Å². The Labute approximate surface area is 99.0 Å². The van der Waals surface area contributed by atoms with Gasteiger partial charge in [-0.15, -0.1) is 0 Å². The van der Waals surface area contributed by atoms with Crippen molar-refractivity contribution in [3.8, 4) is 0 Å². The van der Waals surface area contributed by atoms with Crippen LogP contribution in [0.3, 0.4) is 0 Å². The van der Waals surface area contributed by atoms with Gasteiger partial charge in [-0.1, -0.05) is 17.7 Å². The van der Waals surface area contributed by atoms with Crippen LogP contribution in [0.2, 0.25) is 5.02 Å². The van der Waals surface area contributed by atoms with Gasteiger partial charge in [-0.25, -0.2) is 4.39 Å². The number of hydrogen-bond acceptors (Lipinski definition) is 2. The van der Waals surface area contributed by atoms with Gasteiger partial charge in [0.05, 0.1) is 5.60 Å². The highest BCUT2D eigenvalue weighted by Crippen LogP contribution is 2.27. The summed E-state index contributed by atoms with van der Waals surface area (Å²) >= 11 is 5.67. The third-order valence-electron chi connectivity index (χ3n) is 2.96. The Morgan fingerprint density at radius 3 is 2.69 bits per heavy atom. The van der Waals surface area contributed by atoms with E-state index in [0.717, 1.165) is 0 Å². The number of hydrogen-bond donors (Lipinski definition) is 1. The van der Waals surface area contributed by atoms with E-state index in [-0.39, 0.29) is 5.82 Å². The Hall–Kier alpha value is -0.640. The van der Waals surface area contributed by atoms with Crippen LogP contribution in [-0.4, -0.2) is 23.9 Å². The summed E-state index contributed by atoms with van der Waals surface area (Å²) in [5.74, 6) is -0.354. The number of ether oxygens (including phenoxy) is 1. The smallest absolute Gasteiger partial charge is 0.127 e. The fraction of sp³-hybridized carbons (Fsp3) is 0.500. The molecule has 1 N–H and O–H groups in total. The van der Waals surface area contributed by atoms with Crippen molar-refractivity contribution < 1.29 is 14.2 Å². The van der Waals surface area contributed by atoms with Crippen molar-refractivity contribution in [2.24, 2.45) is 0 Å². The first-order chi connectivity index (χ1) is 7.59. The third-order valence-corrected chi connectivity index (χ3v) is 3.19. The number of aliphatic hydroxyl groups is 1. The van der Waals surface area contributed by atoms with Crippen LogP contribution in [0.15, 0.2) is 18.2 Å². The molecule has 0 unspecified atom stereocenters. The van der Waals surface area contributed by atoms with Crippen LogP contribution >= 0.6 is 11.6 Å². The summed E-state index contributed by atoms with van der Waals surface area (Å²) in [6.45, 7) is 1.07. The minimum Gasteiger partial charge on any atom is -0.389 e. The van der Waals surface area contributed by atoms with E-state index in [1.54, 1.807) is 12.1 Å². The summed E-state index contributed by atoms with van der Waals surface area (Å²) in [5, 5.41) is 10.6. The quantitative estimate of drug-likeness (QED) is 0.867. The second-order valence-corrected chi connectivity index (χ2v) is 4.69. The van der Waals surface area contributed by atoms with Crippen molar-refractivity contribution in [1.82, 2.24) is 0 Å². The zero-order valence-corrected chi connectivity index (χ0v) is 9.63. The van der Waals surface area contributed by atoms with Crippen LogP contribution in [0, 0.1) is 5.82 Å². The molecular weight excluding hydrogens is 231 g/mol. The van der Waals surface area contributed by atoms with Gasteiger partial charge in [0, 0.05) is 24.7 Å². The van der Waals surface area contributed by atoms with Gasteiger partial charge in [0.2, 0.25) is 0 Å². The first-order valence-electron chi connectivity index (χ1n) is 5.33. The molecule has 1 fully saturated rings. The summed E-state index contributed by atoms with van der Waals surface area (Å²) in [4.78, 5) is 0. The van der Waals surface area contributed by atoms with Gasteiger partial charge in [0.1, 0.15) is 5.82 Å². The highest BCUT2D eigenvalue weighted by Gasteiger charge is 2.30. The van der Waals surface area contributed by atoms with Crippen LogP contribution < -0.4 is 0 Å². The lowest BCUT2D eigenvalue weighted by Gasteiger charge is -2.32. The molecule has 1 aliphatic rings. The second-order valence-electron chi connectivity index (χ2n) is 4.25. The highest BCUT2D eigenvalue weighted by molar-refractivity contribution is 6.30. The fourth-order valence-corrected chi connectivity index (χ4v) is 2.11. The number of benzene rings is 1. The zero-order chi connectivity index (χ0) is 11.6. The Morgan fingerprint density at radius 2 is 2.06 bits per heavy atom. The van der Waals surface area contributed by atoms with Gasteiger partial charge in [0.15, 0.2) is 0 Å². The van der Waals surface area contributed by atoms with Crippen LogP contribution in [-0.2, 0) is 11.2 Å². The molecule has 0 amide bonds. The zero-order valence-electron chi connectivity index (χ0n) is 8.88. The van der Waals surface area contributed by atoms with Gasteiger partial charge in [-0.05, 0) is 30.5 Å². The second kappa shape index (κ2) is 4.70. The topological polar surface area (TPSA) is 29.5 Å². The molecule has 1 aromatic rings. The van der Waals surface area contributed by atoms with E-state index in [2.05, 4.69) is 0 Å². The monoisotopic (exact) mass is 244 g/mol. The first kappa shape index (κ1) is 11.8. The Kier molecular flexibility index (Phi) is 3.47. The van der Waals surface area contributed by atoms with E-state index < -0.39 is 5.60 Å². The standard InChI is InChI=1S/C12H14ClFO2/c13-10-2-1-9(11(14)7-10)8-12(15)3-5-16-6-4-12/h1-2,7,15H,3-6,8H2. The lowest BCUT2D eigenvalue weighted by molar-refractivity contribution is -0.0629. The van der Waals surface area contributed by atoms with E-state index >= 15 is 0 Å². The van der Waals surface area contributed by atoms with Crippen molar-refractivity contribution in [1.29, 1.82) is 0 Å². The van der Waals surface area contributed by atoms with Gasteiger partial charge in [-0.2, -0.15) is 0 Å². The fourth-order valence-electron chi connectivity index (χ4n) is 1.95. The minimum atomic E-state index is -0.840. The van der Waals surface area contributed by atoms with Crippen molar-refractivity contribution in [3.05, 3.63) is 34.6 Å². The van der Waals surface area contributed by atoms with Gasteiger partial charge >= 0.3 is 0 Å². The first-order valence-corrected chi connectivity index (χ1v) is 5.71. The average molecular weight is 245 g/mol. The lowest BCUT2D eigenvalue weighted by atomic mass is 9.87. The molecule has 88 valence electrons. The predicted octanol–water partition coefficient (Wildman–Crippen LogP) is 2.56. The summed E-state index contributed by atoms with van der Waals surface area (Å²) < 4.78 is 18.7. The van der Waals surface area contributed by atoms with Crippen molar-refractivity contribution >= 4 is 11.6 Å². The maximum Gasteiger partial charge on any atom is 0.127 e. The molecule has 1 aromatic carbocycles. The maximum atomic E-state index is 13.5. The molecule has 0 atom stereocenters. The molecular formula is C12H14ClFO2. The summed E-state index contributed by atoms with van der Waals surface area (Å²) in [7, 11) is 0. The van der Waals surface area contributed by atoms with Gasteiger partial charge in [0.25, 0.3) is 0 Å². The molecule has 16 heavy (non-hydrogen) atoms. The average Bonchev–Trinajstić information content (AvgIpc) is 2.23. The van der Waals surface area contributed by atoms with E-state index in [4.69, 9.17) is 16.3 Å². The molecule has 0 saturated carbocycles. The Balaban J connectivity index is 2.13. The van der Waals surface area contributed by atoms with Gasteiger partial charge in [-0.3, -0.25) is 0 Å². The van der Waals surface area contributed by atoms with Crippen LogP contribution in [0.4, 0.5) is 4.39 Å². The lowest BCUT2D eigenvalue weighted by Crippen LogP contribution is -2.38. The van der Waals surface area contributed by atoms with E-state index in [1.807, 2.05) is 0 Å². The van der Waals surface area contributed by atoms with Crippen LogP contribution in [0.1, 0.15) is 18.4 Å². The number of rotatable bonds is 2. The molecule has 0 aromatic heterocycles. The SMILES string of the molecule is OC1(Cc2ccc(Cl)cc2F)CCOCC1. The predicted molar refractivity (Wildman–Crippen MR) is 60.1 cm³/mol.